The summed E-state index contributed by atoms with van der Waals surface area (Å²) in [6.45, 7) is 5.45. The molecule has 3 aromatic rings. The second-order valence-corrected chi connectivity index (χ2v) is 9.89. The van der Waals surface area contributed by atoms with Gasteiger partial charge in [0.15, 0.2) is 6.10 Å². The molecule has 4 rings (SSSR count). The van der Waals surface area contributed by atoms with Crippen LogP contribution in [0.3, 0.4) is 0 Å². The van der Waals surface area contributed by atoms with Crippen LogP contribution in [0, 0.1) is 0 Å². The lowest BCUT2D eigenvalue weighted by Gasteiger charge is -2.30. The number of hydrogen-bond donors (Lipinski definition) is 1. The number of aliphatic carboxylic acids is 1. The van der Waals surface area contributed by atoms with Crippen LogP contribution in [0.1, 0.15) is 55.5 Å². The minimum atomic E-state index is -4.83. The van der Waals surface area contributed by atoms with E-state index in [1.165, 1.54) is 6.07 Å². The van der Waals surface area contributed by atoms with Crippen molar-refractivity contribution in [1.82, 2.24) is 0 Å². The Balaban J connectivity index is 1.97. The lowest BCUT2D eigenvalue weighted by atomic mass is 9.88. The minimum absolute atomic E-state index is 0.0378. The van der Waals surface area contributed by atoms with E-state index in [1.54, 1.807) is 39.0 Å². The van der Waals surface area contributed by atoms with Gasteiger partial charge in [-0.05, 0) is 74.6 Å². The van der Waals surface area contributed by atoms with Gasteiger partial charge in [0.2, 0.25) is 0 Å². The lowest BCUT2D eigenvalue weighted by molar-refractivity contribution is -0.163. The molecule has 0 aromatic heterocycles. The number of carboxylic acids is 1. The fourth-order valence-corrected chi connectivity index (χ4v) is 4.37. The molecule has 1 heterocycles. The molecule has 1 aliphatic heterocycles. The molecule has 196 valence electrons. The highest BCUT2D eigenvalue weighted by atomic mass is 19.4. The van der Waals surface area contributed by atoms with Crippen LogP contribution in [0.25, 0.3) is 11.1 Å². The summed E-state index contributed by atoms with van der Waals surface area (Å²) in [5.74, 6) is -0.730. The first-order chi connectivity index (χ1) is 17.4. The number of aryl methyl sites for hydroxylation is 1. The van der Waals surface area contributed by atoms with Gasteiger partial charge in [0.05, 0.1) is 17.8 Å². The third-order valence-corrected chi connectivity index (χ3v) is 5.90. The highest BCUT2D eigenvalue weighted by molar-refractivity contribution is 5.84. The fraction of sp³-hybridized carbons (Fsp3) is 0.345. The minimum Gasteiger partial charge on any atom is -0.493 e. The molecule has 3 aromatic carbocycles. The molecular weight excluding hydrogens is 485 g/mol. The Hall–Kier alpha value is -3.52. The highest BCUT2D eigenvalue weighted by Crippen LogP contribution is 2.47. The van der Waals surface area contributed by atoms with Crippen LogP contribution in [-0.4, -0.2) is 23.3 Å². The maximum atomic E-state index is 14.3. The number of benzene rings is 3. The summed E-state index contributed by atoms with van der Waals surface area (Å²) in [5, 5.41) is 10.1. The van der Waals surface area contributed by atoms with Crippen molar-refractivity contribution in [2.45, 2.75) is 58.1 Å². The summed E-state index contributed by atoms with van der Waals surface area (Å²) < 4.78 is 60.5. The molecule has 0 spiro atoms. The molecule has 0 bridgehead atoms. The Morgan fingerprint density at radius 3 is 2.43 bits per heavy atom. The number of ether oxygens (including phenoxy) is 3. The average Bonchev–Trinajstić information content (AvgIpc) is 2.84. The van der Waals surface area contributed by atoms with Gasteiger partial charge in [-0.3, -0.25) is 0 Å². The Morgan fingerprint density at radius 2 is 1.78 bits per heavy atom. The largest absolute Gasteiger partial charge is 0.493 e. The van der Waals surface area contributed by atoms with Gasteiger partial charge in [-0.15, -0.1) is 0 Å². The van der Waals surface area contributed by atoms with Gasteiger partial charge in [-0.1, -0.05) is 36.4 Å². The quantitative estimate of drug-likeness (QED) is 0.361. The normalized spacial score (nSPS) is 14.4. The van der Waals surface area contributed by atoms with E-state index in [-0.39, 0.29) is 17.9 Å². The van der Waals surface area contributed by atoms with Gasteiger partial charge in [0, 0.05) is 11.1 Å². The molecule has 1 aliphatic rings. The summed E-state index contributed by atoms with van der Waals surface area (Å²) in [6.07, 6.45) is -5.25. The van der Waals surface area contributed by atoms with Crippen molar-refractivity contribution in [3.05, 3.63) is 82.9 Å². The average molecular weight is 515 g/mol. The predicted molar refractivity (Wildman–Crippen MR) is 133 cm³/mol. The second kappa shape index (κ2) is 10.5. The van der Waals surface area contributed by atoms with Crippen molar-refractivity contribution >= 4 is 5.97 Å². The third-order valence-electron chi connectivity index (χ3n) is 5.90. The monoisotopic (exact) mass is 514 g/mol. The molecular formula is C29H29F3O5. The highest BCUT2D eigenvalue weighted by Gasteiger charge is 2.41. The number of carbonyl (C=O) groups is 1. The van der Waals surface area contributed by atoms with Gasteiger partial charge in [-0.25, -0.2) is 4.79 Å². The zero-order chi connectivity index (χ0) is 26.8. The van der Waals surface area contributed by atoms with E-state index >= 15 is 0 Å². The van der Waals surface area contributed by atoms with E-state index < -0.39 is 35.0 Å². The molecule has 8 heteroatoms. The first kappa shape index (κ1) is 26.5. The Kier molecular flexibility index (Phi) is 7.50. The van der Waals surface area contributed by atoms with Crippen molar-refractivity contribution < 1.29 is 37.3 Å². The molecule has 1 atom stereocenters. The number of rotatable bonds is 7. The van der Waals surface area contributed by atoms with Gasteiger partial charge in [0.1, 0.15) is 18.1 Å². The Morgan fingerprint density at radius 1 is 1.05 bits per heavy atom. The van der Waals surface area contributed by atoms with E-state index in [1.807, 2.05) is 30.3 Å². The van der Waals surface area contributed by atoms with Crippen LogP contribution in [0.15, 0.2) is 60.7 Å². The van der Waals surface area contributed by atoms with Crippen molar-refractivity contribution in [2.24, 2.45) is 0 Å². The van der Waals surface area contributed by atoms with E-state index in [4.69, 9.17) is 14.2 Å². The van der Waals surface area contributed by atoms with Crippen molar-refractivity contribution in [2.75, 3.05) is 6.61 Å². The van der Waals surface area contributed by atoms with Crippen LogP contribution in [0.5, 0.6) is 11.5 Å². The fourth-order valence-electron chi connectivity index (χ4n) is 4.37. The number of fused-ring (bicyclic) bond motifs is 1. The first-order valence-electron chi connectivity index (χ1n) is 12.0. The zero-order valence-electron chi connectivity index (χ0n) is 20.9. The number of hydrogen-bond acceptors (Lipinski definition) is 4. The maximum Gasteiger partial charge on any atom is 0.416 e. The lowest BCUT2D eigenvalue weighted by Crippen LogP contribution is -2.29. The van der Waals surface area contributed by atoms with Gasteiger partial charge in [0.25, 0.3) is 0 Å². The molecule has 0 amide bonds. The summed E-state index contributed by atoms with van der Waals surface area (Å²) in [7, 11) is 0. The van der Waals surface area contributed by atoms with Crippen molar-refractivity contribution in [3.8, 4) is 22.6 Å². The second-order valence-electron chi connectivity index (χ2n) is 9.89. The van der Waals surface area contributed by atoms with E-state index in [9.17, 15) is 23.1 Å². The van der Waals surface area contributed by atoms with Crippen LogP contribution in [-0.2, 0) is 28.7 Å². The summed E-state index contributed by atoms with van der Waals surface area (Å²) in [6, 6.07) is 16.4. The standard InChI is InChI=1S/C29H29F3O5/c1-28(2,3)37-26(27(33)34)25-21(29(30,31)32)12-14-23(36-17-18-8-5-4-6-9-18)24(25)20-11-13-22-19(16-20)10-7-15-35-22/h4-6,8-9,11-14,16,26H,7,10,15,17H2,1-3H3,(H,33,34). The molecule has 5 nitrogen and oxygen atoms in total. The van der Waals surface area contributed by atoms with E-state index in [0.29, 0.717) is 24.3 Å². The summed E-state index contributed by atoms with van der Waals surface area (Å²) >= 11 is 0. The third kappa shape index (κ3) is 6.25. The predicted octanol–water partition coefficient (Wildman–Crippen LogP) is 7.22. The molecule has 0 saturated carbocycles. The van der Waals surface area contributed by atoms with E-state index in [2.05, 4.69) is 0 Å². The summed E-state index contributed by atoms with van der Waals surface area (Å²) in [5.41, 5.74) is -0.516. The Bertz CT molecular complexity index is 1260. The van der Waals surface area contributed by atoms with Crippen LogP contribution in [0.4, 0.5) is 13.2 Å². The maximum absolute atomic E-state index is 14.3. The number of carboxylic acid groups (broad SMARTS) is 1. The topological polar surface area (TPSA) is 65.0 Å². The molecule has 0 radical (unpaired) electrons. The Labute approximate surface area is 213 Å². The van der Waals surface area contributed by atoms with E-state index in [0.717, 1.165) is 23.6 Å². The van der Waals surface area contributed by atoms with Crippen molar-refractivity contribution in [3.63, 3.8) is 0 Å². The molecule has 1 N–H and O–H groups in total. The van der Waals surface area contributed by atoms with Gasteiger partial charge >= 0.3 is 12.1 Å². The SMILES string of the molecule is CC(C)(C)OC(C(=O)O)c1c(C(F)(F)F)ccc(OCc2ccccc2)c1-c1ccc2c(c1)CCCO2. The molecule has 0 saturated heterocycles. The zero-order valence-corrected chi connectivity index (χ0v) is 20.9. The molecule has 0 fully saturated rings. The summed E-state index contributed by atoms with van der Waals surface area (Å²) in [4.78, 5) is 12.4. The molecule has 37 heavy (non-hydrogen) atoms. The van der Waals surface area contributed by atoms with Gasteiger partial charge < -0.3 is 19.3 Å². The molecule has 1 unspecified atom stereocenters. The number of alkyl halides is 3. The smallest absolute Gasteiger partial charge is 0.416 e. The molecule has 0 aliphatic carbocycles. The first-order valence-corrected chi connectivity index (χ1v) is 12.0. The van der Waals surface area contributed by atoms with Crippen LogP contribution >= 0.6 is 0 Å². The number of halogens is 3. The van der Waals surface area contributed by atoms with Crippen LogP contribution < -0.4 is 9.47 Å². The van der Waals surface area contributed by atoms with Crippen LogP contribution in [0.2, 0.25) is 0 Å². The van der Waals surface area contributed by atoms with Crippen molar-refractivity contribution in [1.29, 1.82) is 0 Å². The van der Waals surface area contributed by atoms with Gasteiger partial charge in [-0.2, -0.15) is 13.2 Å².